The van der Waals surface area contributed by atoms with Crippen LogP contribution in [0.25, 0.3) is 0 Å². The molecule has 21 heavy (non-hydrogen) atoms. The van der Waals surface area contributed by atoms with Crippen LogP contribution in [0.4, 0.5) is 20.2 Å². The summed E-state index contributed by atoms with van der Waals surface area (Å²) in [5, 5.41) is -0.0319. The van der Waals surface area contributed by atoms with Gasteiger partial charge >= 0.3 is 0 Å². The van der Waals surface area contributed by atoms with Crippen molar-refractivity contribution in [1.29, 1.82) is 0 Å². The summed E-state index contributed by atoms with van der Waals surface area (Å²) in [4.78, 5) is 13.4. The minimum Gasteiger partial charge on any atom is -0.397 e. The fourth-order valence-electron chi connectivity index (χ4n) is 1.78. The fraction of sp³-hybridized carbons (Fsp3) is 0.0714. The molecule has 0 aliphatic carbocycles. The van der Waals surface area contributed by atoms with Gasteiger partial charge in [0.05, 0.1) is 22.0 Å². The number of rotatable bonds is 2. The van der Waals surface area contributed by atoms with Gasteiger partial charge in [-0.15, -0.1) is 0 Å². The SMILES string of the molecule is CN(C(=O)c1cc(F)c(Cl)cc1F)c1cc(Cl)ccc1N. The van der Waals surface area contributed by atoms with Crippen LogP contribution in [0.3, 0.4) is 0 Å². The average molecular weight is 331 g/mol. The van der Waals surface area contributed by atoms with E-state index >= 15 is 0 Å². The second-order valence-electron chi connectivity index (χ2n) is 4.31. The summed E-state index contributed by atoms with van der Waals surface area (Å²) in [6, 6.07) is 6.02. The van der Waals surface area contributed by atoms with E-state index in [1.165, 1.54) is 19.2 Å². The maximum atomic E-state index is 13.8. The van der Waals surface area contributed by atoms with E-state index in [-0.39, 0.29) is 5.69 Å². The summed E-state index contributed by atoms with van der Waals surface area (Å²) in [7, 11) is 1.39. The van der Waals surface area contributed by atoms with Crippen molar-refractivity contribution in [2.75, 3.05) is 17.7 Å². The summed E-state index contributed by atoms with van der Waals surface area (Å²) in [6.45, 7) is 0. The standard InChI is InChI=1S/C14H10Cl2F2N2O/c1-20(13-4-7(15)2-3-12(13)19)14(21)8-5-11(18)9(16)6-10(8)17/h2-6H,19H2,1H3. The van der Waals surface area contributed by atoms with Crippen molar-refractivity contribution in [3.8, 4) is 0 Å². The predicted octanol–water partition coefficient (Wildman–Crippen LogP) is 4.13. The summed E-state index contributed by atoms with van der Waals surface area (Å²) < 4.78 is 27.2. The van der Waals surface area contributed by atoms with E-state index in [9.17, 15) is 13.6 Å². The van der Waals surface area contributed by atoms with Gasteiger partial charge in [-0.1, -0.05) is 23.2 Å². The van der Waals surface area contributed by atoms with Crippen LogP contribution in [0.2, 0.25) is 10.0 Å². The third-order valence-electron chi connectivity index (χ3n) is 2.90. The summed E-state index contributed by atoms with van der Waals surface area (Å²) in [6.07, 6.45) is 0. The van der Waals surface area contributed by atoms with Gasteiger partial charge in [-0.3, -0.25) is 4.79 Å². The largest absolute Gasteiger partial charge is 0.397 e. The van der Waals surface area contributed by atoms with Gasteiger partial charge in [0.2, 0.25) is 0 Å². The molecule has 2 N–H and O–H groups in total. The second kappa shape index (κ2) is 5.87. The number of hydrogen-bond donors (Lipinski definition) is 1. The van der Waals surface area contributed by atoms with Crippen LogP contribution in [-0.4, -0.2) is 13.0 Å². The van der Waals surface area contributed by atoms with E-state index in [4.69, 9.17) is 28.9 Å². The Kier molecular flexibility index (Phi) is 4.34. The van der Waals surface area contributed by atoms with E-state index in [0.29, 0.717) is 10.7 Å². The molecule has 0 saturated carbocycles. The Morgan fingerprint density at radius 1 is 1.14 bits per heavy atom. The van der Waals surface area contributed by atoms with Gasteiger partial charge in [0, 0.05) is 12.1 Å². The zero-order valence-electron chi connectivity index (χ0n) is 10.8. The zero-order chi connectivity index (χ0) is 15.7. The Labute approximate surface area is 129 Å². The predicted molar refractivity (Wildman–Crippen MR) is 80.0 cm³/mol. The third kappa shape index (κ3) is 3.09. The molecule has 2 aromatic carbocycles. The summed E-state index contributed by atoms with van der Waals surface area (Å²) >= 11 is 11.3. The third-order valence-corrected chi connectivity index (χ3v) is 3.42. The van der Waals surface area contributed by atoms with Gasteiger partial charge in [0.25, 0.3) is 5.91 Å². The van der Waals surface area contributed by atoms with Crippen molar-refractivity contribution in [2.45, 2.75) is 0 Å². The molecule has 0 saturated heterocycles. The summed E-state index contributed by atoms with van der Waals surface area (Å²) in [5.41, 5.74) is 5.89. The van der Waals surface area contributed by atoms with Crippen LogP contribution in [0.1, 0.15) is 10.4 Å². The smallest absolute Gasteiger partial charge is 0.261 e. The molecule has 0 fully saturated rings. The molecule has 110 valence electrons. The first kappa shape index (κ1) is 15.5. The zero-order valence-corrected chi connectivity index (χ0v) is 12.3. The number of benzene rings is 2. The monoisotopic (exact) mass is 330 g/mol. The van der Waals surface area contributed by atoms with E-state index in [0.717, 1.165) is 17.0 Å². The molecular weight excluding hydrogens is 321 g/mol. The Bertz CT molecular complexity index is 722. The van der Waals surface area contributed by atoms with Gasteiger partial charge in [-0.05, 0) is 30.3 Å². The van der Waals surface area contributed by atoms with Crippen molar-refractivity contribution < 1.29 is 13.6 Å². The highest BCUT2D eigenvalue weighted by Crippen LogP contribution is 2.28. The van der Waals surface area contributed by atoms with Gasteiger partial charge < -0.3 is 10.6 Å². The number of carbonyl (C=O) groups excluding carboxylic acids is 1. The van der Waals surface area contributed by atoms with E-state index in [1.54, 1.807) is 6.07 Å². The van der Waals surface area contributed by atoms with Gasteiger partial charge in [0.1, 0.15) is 11.6 Å². The molecule has 0 heterocycles. The molecule has 7 heteroatoms. The first-order valence-electron chi connectivity index (χ1n) is 5.79. The molecule has 0 unspecified atom stereocenters. The quantitative estimate of drug-likeness (QED) is 0.664. The maximum absolute atomic E-state index is 13.8. The van der Waals surface area contributed by atoms with E-state index < -0.39 is 28.1 Å². The van der Waals surface area contributed by atoms with E-state index in [1.807, 2.05) is 0 Å². The van der Waals surface area contributed by atoms with Crippen LogP contribution in [-0.2, 0) is 0 Å². The number of nitrogens with two attached hydrogens (primary N) is 1. The van der Waals surface area contributed by atoms with E-state index in [2.05, 4.69) is 0 Å². The Hall–Kier alpha value is -1.85. The molecule has 0 aliphatic rings. The van der Waals surface area contributed by atoms with Crippen LogP contribution < -0.4 is 10.6 Å². The molecule has 0 aliphatic heterocycles. The van der Waals surface area contributed by atoms with Gasteiger partial charge in [-0.2, -0.15) is 0 Å². The highest BCUT2D eigenvalue weighted by molar-refractivity contribution is 6.31. The van der Waals surface area contributed by atoms with Crippen molar-refractivity contribution in [3.05, 3.63) is 57.6 Å². The minimum atomic E-state index is -0.918. The lowest BCUT2D eigenvalue weighted by molar-refractivity contribution is 0.0989. The molecule has 1 amide bonds. The highest BCUT2D eigenvalue weighted by atomic mass is 35.5. The van der Waals surface area contributed by atoms with Crippen molar-refractivity contribution in [1.82, 2.24) is 0 Å². The fourth-order valence-corrected chi connectivity index (χ4v) is 2.10. The number of carbonyl (C=O) groups is 1. The molecule has 2 rings (SSSR count). The molecule has 0 radical (unpaired) electrons. The lowest BCUT2D eigenvalue weighted by Gasteiger charge is -2.20. The Morgan fingerprint density at radius 3 is 2.48 bits per heavy atom. The number of amides is 1. The molecule has 0 atom stereocenters. The highest BCUT2D eigenvalue weighted by Gasteiger charge is 2.21. The number of nitrogen functional groups attached to an aromatic ring is 1. The van der Waals surface area contributed by atoms with Gasteiger partial charge in [0.15, 0.2) is 0 Å². The van der Waals surface area contributed by atoms with Crippen molar-refractivity contribution >= 4 is 40.5 Å². The van der Waals surface area contributed by atoms with Crippen LogP contribution in [0, 0.1) is 11.6 Å². The molecule has 2 aromatic rings. The van der Waals surface area contributed by atoms with Crippen molar-refractivity contribution in [2.24, 2.45) is 0 Å². The first-order chi connectivity index (χ1) is 9.81. The molecule has 0 aromatic heterocycles. The molecule has 3 nitrogen and oxygen atoms in total. The summed E-state index contributed by atoms with van der Waals surface area (Å²) in [5.74, 6) is -2.57. The topological polar surface area (TPSA) is 46.3 Å². The van der Waals surface area contributed by atoms with Gasteiger partial charge in [-0.25, -0.2) is 8.78 Å². The van der Waals surface area contributed by atoms with Crippen LogP contribution >= 0.6 is 23.2 Å². The normalized spacial score (nSPS) is 10.5. The Morgan fingerprint density at radius 2 is 1.81 bits per heavy atom. The lowest BCUT2D eigenvalue weighted by atomic mass is 10.1. The molecule has 0 bridgehead atoms. The second-order valence-corrected chi connectivity index (χ2v) is 5.16. The number of nitrogens with zero attached hydrogens (tertiary/aromatic N) is 1. The lowest BCUT2D eigenvalue weighted by Crippen LogP contribution is -2.28. The molecule has 0 spiro atoms. The van der Waals surface area contributed by atoms with Crippen molar-refractivity contribution in [3.63, 3.8) is 0 Å². The number of hydrogen-bond acceptors (Lipinski definition) is 2. The maximum Gasteiger partial charge on any atom is 0.261 e. The van der Waals surface area contributed by atoms with Crippen LogP contribution in [0.15, 0.2) is 30.3 Å². The number of halogens is 4. The first-order valence-corrected chi connectivity index (χ1v) is 6.54. The molecular formula is C14H10Cl2F2N2O. The minimum absolute atomic E-state index is 0.282. The number of anilines is 2. The van der Waals surface area contributed by atoms with Crippen LogP contribution in [0.5, 0.6) is 0 Å². The average Bonchev–Trinajstić information content (AvgIpc) is 2.44. The Balaban J connectivity index is 2.44.